The zero-order valence-corrected chi connectivity index (χ0v) is 15.9. The predicted octanol–water partition coefficient (Wildman–Crippen LogP) is 3.39. The van der Waals surface area contributed by atoms with Crippen LogP contribution in [0.5, 0.6) is 11.5 Å². The van der Waals surface area contributed by atoms with Gasteiger partial charge in [0.1, 0.15) is 11.5 Å². The lowest BCUT2D eigenvalue weighted by Crippen LogP contribution is -2.37. The molecule has 5 nitrogen and oxygen atoms in total. The molecule has 0 bridgehead atoms. The number of hydrogen-bond donors (Lipinski definition) is 2. The fourth-order valence-electron chi connectivity index (χ4n) is 2.49. The fourth-order valence-corrected chi connectivity index (χ4v) is 2.49. The number of benzene rings is 2. The summed E-state index contributed by atoms with van der Waals surface area (Å²) >= 11 is 0. The molecule has 0 heterocycles. The number of nitrogens with one attached hydrogen (secondary N) is 2. The maximum Gasteiger partial charge on any atom is 0.191 e. The largest absolute Gasteiger partial charge is 0.497 e. The van der Waals surface area contributed by atoms with Gasteiger partial charge < -0.3 is 20.1 Å². The molecule has 140 valence electrons. The Morgan fingerprint density at radius 3 is 2.50 bits per heavy atom. The Balaban J connectivity index is 1.76. The van der Waals surface area contributed by atoms with Gasteiger partial charge in [-0.25, -0.2) is 0 Å². The van der Waals surface area contributed by atoms with Gasteiger partial charge in [-0.2, -0.15) is 0 Å². The Labute approximate surface area is 156 Å². The fraction of sp³-hybridized carbons (Fsp3) is 0.381. The molecule has 0 fully saturated rings. The molecular weight excluding hydrogens is 326 g/mol. The van der Waals surface area contributed by atoms with Crippen LogP contribution in [0.15, 0.2) is 53.5 Å². The van der Waals surface area contributed by atoms with Gasteiger partial charge in [0.25, 0.3) is 0 Å². The lowest BCUT2D eigenvalue weighted by Gasteiger charge is -2.13. The number of nitrogens with zero attached hydrogens (tertiary/aromatic N) is 1. The molecule has 0 unspecified atom stereocenters. The standard InChI is InChI=1S/C21H29N3O2/c1-4-14-26-20-7-5-6-18(15-20)16-24-21(22-2)23-13-12-17-8-10-19(25-3)11-9-17/h5-11,15H,4,12-14,16H2,1-3H3,(H2,22,23,24). The molecule has 0 aliphatic rings. The number of aliphatic imine (C=N–C) groups is 1. The van der Waals surface area contributed by atoms with Crippen LogP contribution in [0, 0.1) is 0 Å². The summed E-state index contributed by atoms with van der Waals surface area (Å²) in [6.45, 7) is 4.36. The SMILES string of the molecule is CCCOc1cccc(CNC(=NC)NCCc2ccc(OC)cc2)c1. The highest BCUT2D eigenvalue weighted by molar-refractivity contribution is 5.79. The van der Waals surface area contributed by atoms with Gasteiger partial charge in [0.05, 0.1) is 13.7 Å². The topological polar surface area (TPSA) is 54.9 Å². The van der Waals surface area contributed by atoms with Gasteiger partial charge in [0.2, 0.25) is 0 Å². The van der Waals surface area contributed by atoms with Crippen LogP contribution < -0.4 is 20.1 Å². The zero-order chi connectivity index (χ0) is 18.6. The Morgan fingerprint density at radius 1 is 1.00 bits per heavy atom. The van der Waals surface area contributed by atoms with Crippen molar-refractivity contribution < 1.29 is 9.47 Å². The number of guanidine groups is 1. The van der Waals surface area contributed by atoms with E-state index >= 15 is 0 Å². The summed E-state index contributed by atoms with van der Waals surface area (Å²) in [5.74, 6) is 2.58. The molecule has 0 radical (unpaired) electrons. The van der Waals surface area contributed by atoms with Crippen molar-refractivity contribution in [2.24, 2.45) is 4.99 Å². The van der Waals surface area contributed by atoms with Crippen molar-refractivity contribution in [3.8, 4) is 11.5 Å². The lowest BCUT2D eigenvalue weighted by molar-refractivity contribution is 0.317. The van der Waals surface area contributed by atoms with E-state index in [0.29, 0.717) is 6.54 Å². The number of rotatable bonds is 9. The second-order valence-corrected chi connectivity index (χ2v) is 5.95. The van der Waals surface area contributed by atoms with E-state index in [-0.39, 0.29) is 0 Å². The van der Waals surface area contributed by atoms with Crippen molar-refractivity contribution in [2.45, 2.75) is 26.3 Å². The summed E-state index contributed by atoms with van der Waals surface area (Å²) in [5.41, 5.74) is 2.42. The predicted molar refractivity (Wildman–Crippen MR) is 107 cm³/mol. The first-order valence-corrected chi connectivity index (χ1v) is 9.04. The van der Waals surface area contributed by atoms with Crippen molar-refractivity contribution in [1.82, 2.24) is 10.6 Å². The number of methoxy groups -OCH3 is 1. The van der Waals surface area contributed by atoms with Gasteiger partial charge >= 0.3 is 0 Å². The van der Waals surface area contributed by atoms with Crippen LogP contribution in [-0.4, -0.2) is 33.3 Å². The molecule has 0 saturated carbocycles. The van der Waals surface area contributed by atoms with Crippen LogP contribution in [0.1, 0.15) is 24.5 Å². The average Bonchev–Trinajstić information content (AvgIpc) is 2.69. The second kappa shape index (κ2) is 11.0. The van der Waals surface area contributed by atoms with Crippen molar-refractivity contribution in [3.63, 3.8) is 0 Å². The van der Waals surface area contributed by atoms with Crippen LogP contribution in [-0.2, 0) is 13.0 Å². The van der Waals surface area contributed by atoms with E-state index in [0.717, 1.165) is 49.0 Å². The van der Waals surface area contributed by atoms with Crippen LogP contribution in [0.2, 0.25) is 0 Å². The minimum atomic E-state index is 0.700. The maximum atomic E-state index is 5.68. The van der Waals surface area contributed by atoms with Crippen molar-refractivity contribution in [1.29, 1.82) is 0 Å². The third-order valence-electron chi connectivity index (χ3n) is 3.92. The van der Waals surface area contributed by atoms with E-state index in [1.165, 1.54) is 5.56 Å². The summed E-state index contributed by atoms with van der Waals surface area (Å²) in [6.07, 6.45) is 1.93. The van der Waals surface area contributed by atoms with E-state index in [1.54, 1.807) is 14.2 Å². The molecule has 2 N–H and O–H groups in total. The van der Waals surface area contributed by atoms with E-state index in [1.807, 2.05) is 24.3 Å². The molecule has 0 aliphatic heterocycles. The molecule has 0 saturated heterocycles. The third kappa shape index (κ3) is 6.67. The number of ether oxygens (including phenoxy) is 2. The summed E-state index contributed by atoms with van der Waals surface area (Å²) in [7, 11) is 3.46. The van der Waals surface area contributed by atoms with Gasteiger partial charge in [-0.3, -0.25) is 4.99 Å². The quantitative estimate of drug-likeness (QED) is 0.535. The second-order valence-electron chi connectivity index (χ2n) is 5.95. The van der Waals surface area contributed by atoms with Crippen molar-refractivity contribution in [3.05, 3.63) is 59.7 Å². The molecule has 0 atom stereocenters. The Kier molecular flexibility index (Phi) is 8.33. The van der Waals surface area contributed by atoms with Gasteiger partial charge in [-0.1, -0.05) is 31.2 Å². The first-order valence-electron chi connectivity index (χ1n) is 9.04. The molecule has 5 heteroatoms. The van der Waals surface area contributed by atoms with Gasteiger partial charge in [0.15, 0.2) is 5.96 Å². The number of hydrogen-bond acceptors (Lipinski definition) is 3. The van der Waals surface area contributed by atoms with Crippen LogP contribution >= 0.6 is 0 Å². The summed E-state index contributed by atoms with van der Waals surface area (Å²) in [4.78, 5) is 4.28. The molecule has 2 rings (SSSR count). The molecule has 2 aromatic carbocycles. The van der Waals surface area contributed by atoms with Crippen LogP contribution in [0.3, 0.4) is 0 Å². The minimum absolute atomic E-state index is 0.700. The molecule has 26 heavy (non-hydrogen) atoms. The summed E-state index contributed by atoms with van der Waals surface area (Å²) in [6, 6.07) is 16.3. The first kappa shape index (κ1) is 19.6. The van der Waals surface area contributed by atoms with Gasteiger partial charge in [-0.15, -0.1) is 0 Å². The Morgan fingerprint density at radius 2 is 1.81 bits per heavy atom. The smallest absolute Gasteiger partial charge is 0.191 e. The monoisotopic (exact) mass is 355 g/mol. The van der Waals surface area contributed by atoms with E-state index in [4.69, 9.17) is 9.47 Å². The third-order valence-corrected chi connectivity index (χ3v) is 3.92. The van der Waals surface area contributed by atoms with Crippen molar-refractivity contribution >= 4 is 5.96 Å². The zero-order valence-electron chi connectivity index (χ0n) is 15.9. The van der Waals surface area contributed by atoms with Crippen molar-refractivity contribution in [2.75, 3.05) is 27.3 Å². The highest BCUT2D eigenvalue weighted by atomic mass is 16.5. The molecule has 0 amide bonds. The maximum absolute atomic E-state index is 5.68. The highest BCUT2D eigenvalue weighted by Crippen LogP contribution is 2.13. The van der Waals surface area contributed by atoms with Crippen LogP contribution in [0.25, 0.3) is 0 Å². The van der Waals surface area contributed by atoms with E-state index in [9.17, 15) is 0 Å². The molecule has 0 spiro atoms. The van der Waals surface area contributed by atoms with Gasteiger partial charge in [0, 0.05) is 20.1 Å². The van der Waals surface area contributed by atoms with E-state index < -0.39 is 0 Å². The Bertz CT molecular complexity index is 684. The van der Waals surface area contributed by atoms with Crippen LogP contribution in [0.4, 0.5) is 0 Å². The molecular formula is C21H29N3O2. The normalized spacial score (nSPS) is 11.1. The molecule has 0 aromatic heterocycles. The highest BCUT2D eigenvalue weighted by Gasteiger charge is 2.01. The van der Waals surface area contributed by atoms with Gasteiger partial charge in [-0.05, 0) is 48.2 Å². The minimum Gasteiger partial charge on any atom is -0.497 e. The first-order chi connectivity index (χ1) is 12.7. The summed E-state index contributed by atoms with van der Waals surface area (Å²) < 4.78 is 10.9. The summed E-state index contributed by atoms with van der Waals surface area (Å²) in [5, 5.41) is 6.68. The Hall–Kier alpha value is -2.69. The average molecular weight is 355 g/mol. The molecule has 0 aliphatic carbocycles. The molecule has 2 aromatic rings. The lowest BCUT2D eigenvalue weighted by atomic mass is 10.1. The van der Waals surface area contributed by atoms with E-state index in [2.05, 4.69) is 46.8 Å².